The summed E-state index contributed by atoms with van der Waals surface area (Å²) in [5, 5.41) is 22.9. The Morgan fingerprint density at radius 3 is 2.25 bits per heavy atom. The number of alkyl halides is 3. The summed E-state index contributed by atoms with van der Waals surface area (Å²) in [6.45, 7) is 6.58. The third kappa shape index (κ3) is 8.67. The minimum Gasteiger partial charge on any atom is -0.490 e. The Labute approximate surface area is 361 Å². The molecule has 18 heteroatoms. The van der Waals surface area contributed by atoms with Gasteiger partial charge in [0, 0.05) is 56.3 Å². The number of hydrogen-bond acceptors (Lipinski definition) is 12. The van der Waals surface area contributed by atoms with Crippen LogP contribution >= 0.6 is 0 Å². The predicted molar refractivity (Wildman–Crippen MR) is 221 cm³/mol. The fourth-order valence-electron chi connectivity index (χ4n) is 10.2. The van der Waals surface area contributed by atoms with Crippen LogP contribution in [-0.4, -0.2) is 114 Å². The number of halogens is 3. The lowest BCUT2D eigenvalue weighted by molar-refractivity contribution is -0.138. The number of fused-ring (bicyclic) bond motifs is 1. The maximum absolute atomic E-state index is 13.4. The van der Waals surface area contributed by atoms with E-state index in [9.17, 15) is 37.1 Å². The van der Waals surface area contributed by atoms with Gasteiger partial charge in [0.15, 0.2) is 11.5 Å². The molecule has 6 aliphatic rings. The number of benzene rings is 2. The van der Waals surface area contributed by atoms with Crippen LogP contribution in [0.15, 0.2) is 48.5 Å². The summed E-state index contributed by atoms with van der Waals surface area (Å²) in [4.78, 5) is 71.6. The van der Waals surface area contributed by atoms with Gasteiger partial charge in [-0.05, 0) is 125 Å². The number of nitrogens with zero attached hydrogens (tertiary/aromatic N) is 7. The molecule has 3 aromatic rings. The monoisotopic (exact) mass is 867 g/mol. The molecule has 15 nitrogen and oxygen atoms in total. The highest BCUT2D eigenvalue weighted by molar-refractivity contribution is 6.23. The second-order valence-corrected chi connectivity index (χ2v) is 17.9. The Balaban J connectivity index is 0.682. The van der Waals surface area contributed by atoms with E-state index in [1.54, 1.807) is 24.3 Å². The lowest BCUT2D eigenvalue weighted by Gasteiger charge is -2.55. The van der Waals surface area contributed by atoms with Gasteiger partial charge in [-0.3, -0.25) is 34.2 Å². The van der Waals surface area contributed by atoms with Crippen LogP contribution in [0.4, 0.5) is 24.7 Å². The molecule has 2 aromatic carbocycles. The van der Waals surface area contributed by atoms with Gasteiger partial charge < -0.3 is 24.8 Å². The molecule has 0 bridgehead atoms. The quantitative estimate of drug-likeness (QED) is 0.284. The topological polar surface area (TPSA) is 181 Å². The summed E-state index contributed by atoms with van der Waals surface area (Å²) in [6, 6.07) is 12.7. The van der Waals surface area contributed by atoms with Crippen LogP contribution < -0.4 is 25.2 Å². The zero-order chi connectivity index (χ0) is 44.0. The molecule has 6 heterocycles. The zero-order valence-corrected chi connectivity index (χ0v) is 34.7. The minimum absolute atomic E-state index is 0.0633. The SMILES string of the molecule is N#Cc1ccc(OC2CCC(NC(=O)c3ccc(N4CCC(CN5CCC6(CC5)CN(c5ccc7c(c5)C(=O)N(C5CCC(=O)NC5=O)C7=O)C6)CC4)nn3)CC2)cc1C(F)(F)F. The van der Waals surface area contributed by atoms with E-state index in [4.69, 9.17) is 10.00 Å². The van der Waals surface area contributed by atoms with Gasteiger partial charge in [0.25, 0.3) is 17.7 Å². The molecule has 2 N–H and O–H groups in total. The average molecular weight is 868 g/mol. The molecule has 63 heavy (non-hydrogen) atoms. The highest BCUT2D eigenvalue weighted by Gasteiger charge is 2.48. The van der Waals surface area contributed by atoms with Crippen LogP contribution in [-0.2, 0) is 15.8 Å². The van der Waals surface area contributed by atoms with Crippen molar-refractivity contribution >= 4 is 41.0 Å². The Kier molecular flexibility index (Phi) is 11.3. The molecule has 5 fully saturated rings. The van der Waals surface area contributed by atoms with Crippen molar-refractivity contribution in [3.8, 4) is 11.8 Å². The van der Waals surface area contributed by atoms with Crippen LogP contribution in [0.3, 0.4) is 0 Å². The lowest BCUT2D eigenvalue weighted by atomic mass is 9.71. The fourth-order valence-corrected chi connectivity index (χ4v) is 10.2. The molecule has 1 spiro atoms. The van der Waals surface area contributed by atoms with Crippen molar-refractivity contribution in [2.24, 2.45) is 11.3 Å². The first-order valence-electron chi connectivity index (χ1n) is 21.8. The second-order valence-electron chi connectivity index (χ2n) is 17.9. The van der Waals surface area contributed by atoms with E-state index in [0.717, 1.165) is 100 Å². The number of ether oxygens (including phenoxy) is 1. The third-order valence-electron chi connectivity index (χ3n) is 13.8. The number of carbonyl (C=O) groups is 5. The number of amides is 5. The van der Waals surface area contributed by atoms with E-state index in [2.05, 4.69) is 35.5 Å². The van der Waals surface area contributed by atoms with Crippen molar-refractivity contribution in [1.29, 1.82) is 5.26 Å². The van der Waals surface area contributed by atoms with Crippen LogP contribution in [0.25, 0.3) is 0 Å². The molecular formula is C45H48F3N9O6. The van der Waals surface area contributed by atoms with Gasteiger partial charge in [0.05, 0.1) is 34.4 Å². The maximum atomic E-state index is 13.4. The van der Waals surface area contributed by atoms with Crippen molar-refractivity contribution in [3.63, 3.8) is 0 Å². The summed E-state index contributed by atoms with van der Waals surface area (Å²) in [5.74, 6) is -0.959. The molecule has 330 valence electrons. The van der Waals surface area contributed by atoms with Gasteiger partial charge >= 0.3 is 6.18 Å². The summed E-state index contributed by atoms with van der Waals surface area (Å²) >= 11 is 0. The predicted octanol–water partition coefficient (Wildman–Crippen LogP) is 4.71. The summed E-state index contributed by atoms with van der Waals surface area (Å²) in [5.41, 5.74) is 0.457. The first-order valence-corrected chi connectivity index (χ1v) is 21.8. The van der Waals surface area contributed by atoms with Gasteiger partial charge in [0.2, 0.25) is 11.8 Å². The molecule has 0 radical (unpaired) electrons. The molecule has 1 aliphatic carbocycles. The fraction of sp³-hybridized carbons (Fsp3) is 0.511. The highest BCUT2D eigenvalue weighted by atomic mass is 19.4. The molecule has 5 amide bonds. The van der Waals surface area contributed by atoms with E-state index < -0.39 is 47.0 Å². The number of hydrogen-bond donors (Lipinski definition) is 2. The Bertz CT molecular complexity index is 2340. The molecule has 5 aliphatic heterocycles. The van der Waals surface area contributed by atoms with Gasteiger partial charge in [-0.15, -0.1) is 10.2 Å². The number of nitriles is 1. The Morgan fingerprint density at radius 1 is 0.857 bits per heavy atom. The Morgan fingerprint density at radius 2 is 1.59 bits per heavy atom. The van der Waals surface area contributed by atoms with Gasteiger partial charge in [-0.2, -0.15) is 18.4 Å². The summed E-state index contributed by atoms with van der Waals surface area (Å²) in [6.07, 6.45) is 1.78. The standard InChI is InChI=1S/C45H48F3N9O6/c46-45(47,48)35-22-32(5-1-28(35)23-49)63-31-6-2-29(3-7-31)50-40(59)36-9-11-38(53-52-36)55-17-13-27(14-18-55)24-54-19-15-44(16-20-54)25-56(26-44)30-4-8-33-34(21-30)43(62)57(42(33)61)37-10-12-39(58)51-41(37)60/h1,4-5,8-9,11,21-22,27,29,31,37H,2-3,6-7,10,12-20,24-26H2,(H,50,59)(H,51,58,60). The number of aromatic nitrogens is 2. The lowest BCUT2D eigenvalue weighted by Crippen LogP contribution is -2.60. The Hall–Kier alpha value is -6.09. The number of carbonyl (C=O) groups excluding carboxylic acids is 5. The largest absolute Gasteiger partial charge is 0.490 e. The maximum Gasteiger partial charge on any atom is 0.417 e. The van der Waals surface area contributed by atoms with Crippen LogP contribution in [0, 0.1) is 22.7 Å². The van der Waals surface area contributed by atoms with Crippen molar-refractivity contribution in [3.05, 3.63) is 76.5 Å². The number of rotatable bonds is 9. The molecule has 1 atom stereocenters. The molecular weight excluding hydrogens is 820 g/mol. The van der Waals surface area contributed by atoms with Crippen LogP contribution in [0.2, 0.25) is 0 Å². The zero-order valence-electron chi connectivity index (χ0n) is 34.7. The number of likely N-dealkylation sites (tertiary alicyclic amines) is 1. The van der Waals surface area contributed by atoms with E-state index in [-0.39, 0.29) is 53.3 Å². The summed E-state index contributed by atoms with van der Waals surface area (Å²) in [7, 11) is 0. The van der Waals surface area contributed by atoms with E-state index in [0.29, 0.717) is 37.2 Å². The first kappa shape index (κ1) is 42.2. The normalized spacial score (nSPS) is 24.2. The van der Waals surface area contributed by atoms with Crippen molar-refractivity contribution in [1.82, 2.24) is 30.6 Å². The molecule has 1 aromatic heterocycles. The van der Waals surface area contributed by atoms with Crippen molar-refractivity contribution in [2.75, 3.05) is 55.6 Å². The smallest absolute Gasteiger partial charge is 0.417 e. The second kappa shape index (κ2) is 16.9. The number of piperidine rings is 3. The molecule has 1 unspecified atom stereocenters. The molecule has 9 rings (SSSR count). The van der Waals surface area contributed by atoms with Crippen LogP contribution in [0.1, 0.15) is 107 Å². The van der Waals surface area contributed by atoms with Crippen molar-refractivity contribution < 1.29 is 41.9 Å². The number of imide groups is 2. The molecule has 4 saturated heterocycles. The van der Waals surface area contributed by atoms with Gasteiger partial charge in [-0.1, -0.05) is 0 Å². The van der Waals surface area contributed by atoms with E-state index >= 15 is 0 Å². The van der Waals surface area contributed by atoms with E-state index in [1.807, 2.05) is 12.1 Å². The number of anilines is 2. The number of nitrogens with one attached hydrogen (secondary N) is 2. The summed E-state index contributed by atoms with van der Waals surface area (Å²) < 4.78 is 45.9. The first-order chi connectivity index (χ1) is 30.3. The van der Waals surface area contributed by atoms with Crippen molar-refractivity contribution in [2.45, 2.75) is 88.6 Å². The third-order valence-corrected chi connectivity index (χ3v) is 13.8. The average Bonchev–Trinajstić information content (AvgIpc) is 3.51. The van der Waals surface area contributed by atoms with Gasteiger partial charge in [-0.25, -0.2) is 0 Å². The minimum atomic E-state index is -4.66. The highest BCUT2D eigenvalue weighted by Crippen LogP contribution is 2.44. The van der Waals surface area contributed by atoms with Gasteiger partial charge in [0.1, 0.15) is 11.8 Å². The van der Waals surface area contributed by atoms with Crippen LogP contribution in [0.5, 0.6) is 5.75 Å². The molecule has 1 saturated carbocycles. The van der Waals surface area contributed by atoms with E-state index in [1.165, 1.54) is 6.07 Å².